The molecule has 1 aliphatic heterocycles. The fourth-order valence-corrected chi connectivity index (χ4v) is 5.28. The van der Waals surface area contributed by atoms with Crippen LogP contribution in [0, 0.1) is 6.92 Å². The molecule has 0 radical (unpaired) electrons. The molecule has 2 amide bonds. The van der Waals surface area contributed by atoms with Crippen LogP contribution >= 0.6 is 0 Å². The van der Waals surface area contributed by atoms with Gasteiger partial charge in [0.15, 0.2) is 0 Å². The van der Waals surface area contributed by atoms with Gasteiger partial charge in [-0.05, 0) is 61.6 Å². The highest BCUT2D eigenvalue weighted by molar-refractivity contribution is 5.91. The van der Waals surface area contributed by atoms with Gasteiger partial charge in [-0.15, -0.1) is 5.10 Å². The van der Waals surface area contributed by atoms with Gasteiger partial charge in [0.2, 0.25) is 11.8 Å². The monoisotopic (exact) mass is 569 g/mol. The average Bonchev–Trinajstić information content (AvgIpc) is 3.68. The van der Waals surface area contributed by atoms with Gasteiger partial charge < -0.3 is 19.7 Å². The third-order valence-corrected chi connectivity index (χ3v) is 7.48. The van der Waals surface area contributed by atoms with E-state index in [2.05, 4.69) is 21.7 Å². The molecule has 1 aliphatic rings. The minimum absolute atomic E-state index is 0.0609. The molecule has 1 aromatic heterocycles. The quantitative estimate of drug-likeness (QED) is 0.274. The molecule has 1 saturated heterocycles. The number of amides is 2. The lowest BCUT2D eigenvalue weighted by atomic mass is 10.0. The van der Waals surface area contributed by atoms with Crippen molar-refractivity contribution in [3.8, 4) is 0 Å². The summed E-state index contributed by atoms with van der Waals surface area (Å²) < 4.78 is 12.1. The number of nitrogens with zero attached hydrogens (tertiary/aromatic N) is 4. The van der Waals surface area contributed by atoms with Crippen LogP contribution in [0.5, 0.6) is 0 Å². The van der Waals surface area contributed by atoms with Crippen molar-refractivity contribution in [3.63, 3.8) is 0 Å². The van der Waals surface area contributed by atoms with Crippen molar-refractivity contribution in [1.82, 2.24) is 25.2 Å². The van der Waals surface area contributed by atoms with Crippen molar-refractivity contribution in [3.05, 3.63) is 95.1 Å². The Hall–Kier alpha value is -4.57. The zero-order valence-corrected chi connectivity index (χ0v) is 23.9. The van der Waals surface area contributed by atoms with E-state index in [1.54, 1.807) is 33.8 Å². The SMILES string of the molecule is COC(=O)c1ccc([C@H](C(=O)NC[C@H]2CCCO2)N(CCc2cccc(C)c2)C(=O)Cn2nnc3ccccc32)cc1. The van der Waals surface area contributed by atoms with Crippen molar-refractivity contribution in [2.75, 3.05) is 26.8 Å². The molecule has 42 heavy (non-hydrogen) atoms. The maximum Gasteiger partial charge on any atom is 0.337 e. The van der Waals surface area contributed by atoms with Crippen LogP contribution in [0.15, 0.2) is 72.8 Å². The molecule has 0 unspecified atom stereocenters. The number of aryl methyl sites for hydroxylation is 1. The number of hydrogen-bond donors (Lipinski definition) is 1. The van der Waals surface area contributed by atoms with Gasteiger partial charge in [-0.2, -0.15) is 0 Å². The fraction of sp³-hybridized carbons (Fsp3) is 0.344. The molecular formula is C32H35N5O5. The molecule has 1 fully saturated rings. The van der Waals surface area contributed by atoms with Crippen LogP contribution in [0.1, 0.15) is 45.9 Å². The number of aromatic nitrogens is 3. The minimum Gasteiger partial charge on any atom is -0.465 e. The van der Waals surface area contributed by atoms with Crippen molar-refractivity contribution in [1.29, 1.82) is 0 Å². The molecule has 10 nitrogen and oxygen atoms in total. The van der Waals surface area contributed by atoms with Crippen molar-refractivity contribution < 1.29 is 23.9 Å². The van der Waals surface area contributed by atoms with Crippen molar-refractivity contribution in [2.24, 2.45) is 0 Å². The molecule has 3 aromatic carbocycles. The number of fused-ring (bicyclic) bond motifs is 1. The number of hydrogen-bond acceptors (Lipinski definition) is 7. The second-order valence-electron chi connectivity index (χ2n) is 10.5. The first-order valence-corrected chi connectivity index (χ1v) is 14.1. The minimum atomic E-state index is -0.954. The number of para-hydroxylation sites is 1. The van der Waals surface area contributed by atoms with E-state index in [0.717, 1.165) is 29.5 Å². The Morgan fingerprint density at radius 2 is 1.90 bits per heavy atom. The third-order valence-electron chi connectivity index (χ3n) is 7.48. The summed E-state index contributed by atoms with van der Waals surface area (Å²) in [6.07, 6.45) is 2.30. The van der Waals surface area contributed by atoms with Gasteiger partial charge in [0.05, 0.1) is 24.3 Å². The highest BCUT2D eigenvalue weighted by Crippen LogP contribution is 2.25. The van der Waals surface area contributed by atoms with Gasteiger partial charge in [0, 0.05) is 19.7 Å². The summed E-state index contributed by atoms with van der Waals surface area (Å²) in [5, 5.41) is 11.4. The predicted molar refractivity (Wildman–Crippen MR) is 157 cm³/mol. The number of esters is 1. The van der Waals surface area contributed by atoms with Crippen molar-refractivity contribution in [2.45, 2.75) is 44.9 Å². The summed E-state index contributed by atoms with van der Waals surface area (Å²) in [6.45, 7) is 3.23. The standard InChI is InChI=1S/C32H35N5O5/c1-22-7-5-8-23(19-22)16-17-36(29(38)21-37-28-11-4-3-10-27(28)34-35-37)30(31(39)33-20-26-9-6-18-42-26)24-12-14-25(15-13-24)32(40)41-2/h3-5,7-8,10-15,19,26,30H,6,9,16-18,20-21H2,1-2H3,(H,33,39)/t26-,30-/m1/s1. The molecule has 10 heteroatoms. The molecule has 5 rings (SSSR count). The number of carbonyl (C=O) groups is 3. The lowest BCUT2D eigenvalue weighted by Crippen LogP contribution is -2.47. The van der Waals surface area contributed by atoms with E-state index in [4.69, 9.17) is 9.47 Å². The highest BCUT2D eigenvalue weighted by atomic mass is 16.5. The maximum atomic E-state index is 14.1. The normalized spacial score (nSPS) is 15.3. The number of nitrogens with one attached hydrogen (secondary N) is 1. The zero-order chi connectivity index (χ0) is 29.5. The Morgan fingerprint density at radius 3 is 2.64 bits per heavy atom. The van der Waals surface area contributed by atoms with Crippen LogP contribution in [-0.4, -0.2) is 70.6 Å². The van der Waals surface area contributed by atoms with E-state index in [0.29, 0.717) is 36.2 Å². The molecule has 218 valence electrons. The number of carbonyl (C=O) groups excluding carboxylic acids is 3. The largest absolute Gasteiger partial charge is 0.465 e. The van der Waals surface area contributed by atoms with E-state index >= 15 is 0 Å². The lowest BCUT2D eigenvalue weighted by molar-refractivity contribution is -0.141. The summed E-state index contributed by atoms with van der Waals surface area (Å²) in [7, 11) is 1.32. The molecular weight excluding hydrogens is 534 g/mol. The smallest absolute Gasteiger partial charge is 0.337 e. The second-order valence-corrected chi connectivity index (χ2v) is 10.5. The number of benzene rings is 3. The van der Waals surface area contributed by atoms with E-state index in [1.165, 1.54) is 7.11 Å². The third kappa shape index (κ3) is 6.83. The van der Waals surface area contributed by atoms with Crippen LogP contribution in [0.25, 0.3) is 11.0 Å². The Balaban J connectivity index is 1.48. The molecule has 0 aliphatic carbocycles. The zero-order valence-electron chi connectivity index (χ0n) is 23.9. The van der Waals surface area contributed by atoms with Crippen LogP contribution in [-0.2, 0) is 32.0 Å². The summed E-state index contributed by atoms with van der Waals surface area (Å²) in [5.41, 5.74) is 4.51. The fourth-order valence-electron chi connectivity index (χ4n) is 5.28. The van der Waals surface area contributed by atoms with E-state index in [9.17, 15) is 14.4 Å². The van der Waals surface area contributed by atoms with Crippen LogP contribution < -0.4 is 5.32 Å². The topological polar surface area (TPSA) is 116 Å². The number of rotatable bonds is 11. The van der Waals surface area contributed by atoms with Gasteiger partial charge in [-0.25, -0.2) is 9.48 Å². The first-order chi connectivity index (χ1) is 20.4. The van der Waals surface area contributed by atoms with E-state index < -0.39 is 12.0 Å². The molecule has 1 N–H and O–H groups in total. The maximum absolute atomic E-state index is 14.1. The first-order valence-electron chi connectivity index (χ1n) is 14.1. The number of methoxy groups -OCH3 is 1. The van der Waals surface area contributed by atoms with Gasteiger partial charge in [0.25, 0.3) is 0 Å². The Morgan fingerprint density at radius 1 is 1.10 bits per heavy atom. The molecule has 0 bridgehead atoms. The van der Waals surface area contributed by atoms with Gasteiger partial charge >= 0.3 is 5.97 Å². The average molecular weight is 570 g/mol. The second kappa shape index (κ2) is 13.4. The van der Waals surface area contributed by atoms with Crippen LogP contribution in [0.4, 0.5) is 0 Å². The van der Waals surface area contributed by atoms with Crippen molar-refractivity contribution >= 4 is 28.8 Å². The Bertz CT molecular complexity index is 1540. The summed E-state index contributed by atoms with van der Waals surface area (Å²) in [6, 6.07) is 21.2. The van der Waals surface area contributed by atoms with Gasteiger partial charge in [0.1, 0.15) is 18.1 Å². The van der Waals surface area contributed by atoms with Gasteiger partial charge in [-0.1, -0.05) is 59.3 Å². The van der Waals surface area contributed by atoms with E-state index in [-0.39, 0.29) is 31.0 Å². The van der Waals surface area contributed by atoms with Gasteiger partial charge in [-0.3, -0.25) is 9.59 Å². The first kappa shape index (κ1) is 28.9. The highest BCUT2D eigenvalue weighted by Gasteiger charge is 2.32. The predicted octanol–water partition coefficient (Wildman–Crippen LogP) is 3.63. The summed E-state index contributed by atoms with van der Waals surface area (Å²) >= 11 is 0. The molecule has 4 aromatic rings. The molecule has 0 saturated carbocycles. The Labute approximate surface area is 244 Å². The summed E-state index contributed by atoms with van der Waals surface area (Å²) in [4.78, 5) is 41.7. The lowest BCUT2D eigenvalue weighted by Gasteiger charge is -2.32. The summed E-state index contributed by atoms with van der Waals surface area (Å²) in [5.74, 6) is -1.09. The molecule has 2 atom stereocenters. The van der Waals surface area contributed by atoms with E-state index in [1.807, 2.05) is 49.4 Å². The molecule has 0 spiro atoms. The Kier molecular flexibility index (Phi) is 9.23. The van der Waals surface area contributed by atoms with Crippen LogP contribution in [0.3, 0.4) is 0 Å². The number of ether oxygens (including phenoxy) is 2. The van der Waals surface area contributed by atoms with Crippen LogP contribution in [0.2, 0.25) is 0 Å². The molecule has 2 heterocycles.